The number of rotatable bonds is 8. The number of pyridine rings is 1. The third-order valence-corrected chi connectivity index (χ3v) is 4.35. The zero-order valence-corrected chi connectivity index (χ0v) is 13.5. The number of aliphatic hydroxyl groups is 1. The topological polar surface area (TPSA) is 65.5 Å². The van der Waals surface area contributed by atoms with Gasteiger partial charge in [0.05, 0.1) is 19.7 Å². The van der Waals surface area contributed by atoms with Crippen LogP contribution in [-0.4, -0.2) is 40.6 Å². The average molecular weight is 319 g/mol. The van der Waals surface area contributed by atoms with Crippen molar-refractivity contribution in [1.82, 2.24) is 15.2 Å². The number of nitrogens with zero attached hydrogens (tertiary/aromatic N) is 2. The van der Waals surface area contributed by atoms with Crippen LogP contribution in [0.5, 0.6) is 0 Å². The standard InChI is InChI=1S/C16H21N3O2S/c1-13-4-8-22-15(13)10-18-16(21)12-19(6-7-20)11-14-3-2-5-17-9-14/h2-5,8-9,20H,6-7,10-12H2,1H3,(H,18,21). The summed E-state index contributed by atoms with van der Waals surface area (Å²) < 4.78 is 0. The monoisotopic (exact) mass is 319 g/mol. The molecular formula is C16H21N3O2S. The normalized spacial score (nSPS) is 10.9. The van der Waals surface area contributed by atoms with Crippen LogP contribution in [0.4, 0.5) is 0 Å². The minimum Gasteiger partial charge on any atom is -0.395 e. The number of carbonyl (C=O) groups is 1. The first kappa shape index (κ1) is 16.6. The Bertz CT molecular complexity index is 586. The molecule has 0 unspecified atom stereocenters. The van der Waals surface area contributed by atoms with Gasteiger partial charge in [-0.2, -0.15) is 0 Å². The summed E-state index contributed by atoms with van der Waals surface area (Å²) in [5.74, 6) is -0.0369. The zero-order chi connectivity index (χ0) is 15.8. The third-order valence-electron chi connectivity index (χ3n) is 3.33. The van der Waals surface area contributed by atoms with Crippen molar-refractivity contribution in [2.24, 2.45) is 0 Å². The van der Waals surface area contributed by atoms with Gasteiger partial charge < -0.3 is 10.4 Å². The van der Waals surface area contributed by atoms with Crippen molar-refractivity contribution in [3.8, 4) is 0 Å². The molecule has 22 heavy (non-hydrogen) atoms. The maximum atomic E-state index is 12.1. The van der Waals surface area contributed by atoms with Crippen LogP contribution in [0.1, 0.15) is 16.0 Å². The molecule has 2 heterocycles. The Balaban J connectivity index is 1.84. The van der Waals surface area contributed by atoms with E-state index in [4.69, 9.17) is 5.11 Å². The highest BCUT2D eigenvalue weighted by atomic mass is 32.1. The lowest BCUT2D eigenvalue weighted by atomic mass is 10.2. The maximum absolute atomic E-state index is 12.1. The number of hydrogen-bond acceptors (Lipinski definition) is 5. The van der Waals surface area contributed by atoms with E-state index in [-0.39, 0.29) is 19.1 Å². The Morgan fingerprint density at radius 2 is 2.32 bits per heavy atom. The molecule has 2 aromatic heterocycles. The van der Waals surface area contributed by atoms with Gasteiger partial charge in [-0.05, 0) is 35.6 Å². The zero-order valence-electron chi connectivity index (χ0n) is 12.7. The molecule has 0 aliphatic heterocycles. The molecule has 0 aliphatic rings. The molecule has 0 aliphatic carbocycles. The number of aliphatic hydroxyl groups excluding tert-OH is 1. The van der Waals surface area contributed by atoms with Crippen molar-refractivity contribution < 1.29 is 9.90 Å². The number of carbonyl (C=O) groups excluding carboxylic acids is 1. The minimum atomic E-state index is -0.0369. The fourth-order valence-electron chi connectivity index (χ4n) is 2.13. The second-order valence-corrected chi connectivity index (χ2v) is 6.10. The Kier molecular flexibility index (Phi) is 6.51. The van der Waals surface area contributed by atoms with Crippen LogP contribution in [0.2, 0.25) is 0 Å². The average Bonchev–Trinajstić information content (AvgIpc) is 2.92. The van der Waals surface area contributed by atoms with Gasteiger partial charge in [-0.15, -0.1) is 11.3 Å². The lowest BCUT2D eigenvalue weighted by Crippen LogP contribution is -2.38. The molecule has 118 valence electrons. The minimum absolute atomic E-state index is 0.0254. The van der Waals surface area contributed by atoms with Gasteiger partial charge in [0.1, 0.15) is 0 Å². The number of amides is 1. The van der Waals surface area contributed by atoms with E-state index in [2.05, 4.69) is 10.3 Å². The molecule has 6 heteroatoms. The highest BCUT2D eigenvalue weighted by Crippen LogP contribution is 2.14. The molecule has 0 spiro atoms. The van der Waals surface area contributed by atoms with E-state index >= 15 is 0 Å². The molecule has 0 aromatic carbocycles. The van der Waals surface area contributed by atoms with Crippen molar-refractivity contribution in [2.75, 3.05) is 19.7 Å². The van der Waals surface area contributed by atoms with Crippen LogP contribution in [0, 0.1) is 6.92 Å². The van der Waals surface area contributed by atoms with Gasteiger partial charge in [0, 0.05) is 30.4 Å². The molecule has 0 saturated carbocycles. The summed E-state index contributed by atoms with van der Waals surface area (Å²) >= 11 is 1.65. The highest BCUT2D eigenvalue weighted by Gasteiger charge is 2.11. The summed E-state index contributed by atoms with van der Waals surface area (Å²) in [5, 5.41) is 14.1. The van der Waals surface area contributed by atoms with E-state index < -0.39 is 0 Å². The van der Waals surface area contributed by atoms with Crippen LogP contribution >= 0.6 is 11.3 Å². The molecule has 2 aromatic rings. The summed E-state index contributed by atoms with van der Waals surface area (Å²) in [7, 11) is 0. The smallest absolute Gasteiger partial charge is 0.234 e. The first-order valence-corrected chi connectivity index (χ1v) is 8.09. The third kappa shape index (κ3) is 5.22. The van der Waals surface area contributed by atoms with Gasteiger partial charge >= 0.3 is 0 Å². The van der Waals surface area contributed by atoms with E-state index in [0.29, 0.717) is 19.6 Å². The van der Waals surface area contributed by atoms with Crippen molar-refractivity contribution in [2.45, 2.75) is 20.0 Å². The van der Waals surface area contributed by atoms with E-state index in [1.165, 1.54) is 10.4 Å². The number of nitrogens with one attached hydrogen (secondary N) is 1. The van der Waals surface area contributed by atoms with Crippen LogP contribution in [0.15, 0.2) is 36.0 Å². The van der Waals surface area contributed by atoms with E-state index in [1.807, 2.05) is 35.4 Å². The molecule has 0 saturated heterocycles. The summed E-state index contributed by atoms with van der Waals surface area (Å²) in [6.45, 7) is 3.94. The molecule has 0 radical (unpaired) electrons. The van der Waals surface area contributed by atoms with Crippen LogP contribution in [-0.2, 0) is 17.9 Å². The van der Waals surface area contributed by atoms with E-state index in [9.17, 15) is 4.79 Å². The summed E-state index contributed by atoms with van der Waals surface area (Å²) in [5.41, 5.74) is 2.23. The van der Waals surface area contributed by atoms with Gasteiger partial charge in [0.2, 0.25) is 5.91 Å². The Morgan fingerprint density at radius 1 is 1.45 bits per heavy atom. The highest BCUT2D eigenvalue weighted by molar-refractivity contribution is 7.10. The molecule has 1 amide bonds. The first-order valence-electron chi connectivity index (χ1n) is 7.21. The quantitative estimate of drug-likeness (QED) is 0.775. The van der Waals surface area contributed by atoms with Gasteiger partial charge in [0.15, 0.2) is 0 Å². The van der Waals surface area contributed by atoms with E-state index in [0.717, 1.165) is 5.56 Å². The molecule has 2 N–H and O–H groups in total. The lowest BCUT2D eigenvalue weighted by molar-refractivity contribution is -0.122. The summed E-state index contributed by atoms with van der Waals surface area (Å²) in [6.07, 6.45) is 3.49. The Labute approximate surface area is 134 Å². The van der Waals surface area contributed by atoms with Gasteiger partial charge in [0.25, 0.3) is 0 Å². The summed E-state index contributed by atoms with van der Waals surface area (Å²) in [4.78, 5) is 19.2. The van der Waals surface area contributed by atoms with Gasteiger partial charge in [-0.3, -0.25) is 14.7 Å². The Hall–Kier alpha value is -1.76. The van der Waals surface area contributed by atoms with Gasteiger partial charge in [-0.1, -0.05) is 6.07 Å². The fourth-order valence-corrected chi connectivity index (χ4v) is 2.97. The number of thiophene rings is 1. The second-order valence-electron chi connectivity index (χ2n) is 5.10. The molecule has 0 fully saturated rings. The molecule has 0 atom stereocenters. The van der Waals surface area contributed by atoms with Gasteiger partial charge in [-0.25, -0.2) is 0 Å². The molecule has 0 bridgehead atoms. The van der Waals surface area contributed by atoms with Crippen molar-refractivity contribution in [3.63, 3.8) is 0 Å². The van der Waals surface area contributed by atoms with Crippen LogP contribution in [0.3, 0.4) is 0 Å². The second kappa shape index (κ2) is 8.63. The number of hydrogen-bond donors (Lipinski definition) is 2. The van der Waals surface area contributed by atoms with Crippen molar-refractivity contribution in [1.29, 1.82) is 0 Å². The largest absolute Gasteiger partial charge is 0.395 e. The predicted molar refractivity (Wildman–Crippen MR) is 87.5 cm³/mol. The van der Waals surface area contributed by atoms with E-state index in [1.54, 1.807) is 23.7 Å². The fraction of sp³-hybridized carbons (Fsp3) is 0.375. The predicted octanol–water partition coefficient (Wildman–Crippen LogP) is 1.56. The molecular weight excluding hydrogens is 298 g/mol. The lowest BCUT2D eigenvalue weighted by Gasteiger charge is -2.20. The van der Waals surface area contributed by atoms with Crippen molar-refractivity contribution in [3.05, 3.63) is 52.0 Å². The number of aromatic nitrogens is 1. The SMILES string of the molecule is Cc1ccsc1CNC(=O)CN(CCO)Cc1cccnc1. The molecule has 2 rings (SSSR count). The first-order chi connectivity index (χ1) is 10.7. The maximum Gasteiger partial charge on any atom is 0.234 e. The molecule has 5 nitrogen and oxygen atoms in total. The Morgan fingerprint density at radius 3 is 2.95 bits per heavy atom. The van der Waals surface area contributed by atoms with Crippen molar-refractivity contribution >= 4 is 17.2 Å². The number of aryl methyl sites for hydroxylation is 1. The van der Waals surface area contributed by atoms with Crippen LogP contribution in [0.25, 0.3) is 0 Å². The van der Waals surface area contributed by atoms with Crippen LogP contribution < -0.4 is 5.32 Å². The summed E-state index contributed by atoms with van der Waals surface area (Å²) in [6, 6.07) is 5.88.